The van der Waals surface area contributed by atoms with Crippen LogP contribution in [0.2, 0.25) is 0 Å². The fourth-order valence-corrected chi connectivity index (χ4v) is 2.78. The maximum Gasteiger partial charge on any atom is 0.191 e. The van der Waals surface area contributed by atoms with E-state index in [1.54, 1.807) is 7.11 Å². The molecule has 30 heavy (non-hydrogen) atoms. The van der Waals surface area contributed by atoms with E-state index in [-0.39, 0.29) is 24.0 Å². The number of aromatic nitrogens is 3. The molecule has 0 amide bonds. The number of fused-ring (bicyclic) bond motifs is 1. The first-order valence-electron chi connectivity index (χ1n) is 9.81. The fraction of sp³-hybridized carbons (Fsp3) is 0.381. The summed E-state index contributed by atoms with van der Waals surface area (Å²) in [7, 11) is 1.66. The Labute approximate surface area is 194 Å². The summed E-state index contributed by atoms with van der Waals surface area (Å²) < 4.78 is 12.8. The molecule has 3 rings (SSSR count). The molecule has 0 aliphatic rings. The zero-order valence-corrected chi connectivity index (χ0v) is 19.7. The summed E-state index contributed by atoms with van der Waals surface area (Å²) in [5, 5.41) is 14.9. The van der Waals surface area contributed by atoms with E-state index in [4.69, 9.17) is 9.47 Å². The van der Waals surface area contributed by atoms with Gasteiger partial charge in [0, 0.05) is 25.9 Å². The van der Waals surface area contributed by atoms with Gasteiger partial charge in [-0.15, -0.1) is 34.2 Å². The Bertz CT molecular complexity index is 913. The molecule has 2 heterocycles. The number of hydrogen-bond acceptors (Lipinski definition) is 5. The van der Waals surface area contributed by atoms with Crippen LogP contribution in [-0.2, 0) is 17.9 Å². The van der Waals surface area contributed by atoms with E-state index >= 15 is 0 Å². The number of benzene rings is 1. The van der Waals surface area contributed by atoms with E-state index in [0.29, 0.717) is 19.8 Å². The first kappa shape index (κ1) is 23.9. The summed E-state index contributed by atoms with van der Waals surface area (Å²) >= 11 is 0. The van der Waals surface area contributed by atoms with Gasteiger partial charge in [-0.1, -0.05) is 18.2 Å². The monoisotopic (exact) mass is 524 g/mol. The van der Waals surface area contributed by atoms with E-state index in [0.717, 1.165) is 48.3 Å². The third-order valence-electron chi connectivity index (χ3n) is 4.29. The lowest BCUT2D eigenvalue weighted by Crippen LogP contribution is -2.38. The number of methoxy groups -OCH3 is 1. The van der Waals surface area contributed by atoms with Crippen molar-refractivity contribution in [3.63, 3.8) is 0 Å². The molecule has 0 saturated carbocycles. The minimum atomic E-state index is 0. The number of aliphatic imine (C=N–C) groups is 1. The number of pyridine rings is 1. The topological polar surface area (TPSA) is 85.1 Å². The van der Waals surface area contributed by atoms with Crippen LogP contribution in [-0.4, -0.2) is 47.4 Å². The van der Waals surface area contributed by atoms with Gasteiger partial charge in [0.25, 0.3) is 0 Å². The molecule has 0 unspecified atom stereocenters. The van der Waals surface area contributed by atoms with Crippen LogP contribution < -0.4 is 15.4 Å². The number of nitrogens with one attached hydrogen (secondary N) is 2. The summed E-state index contributed by atoms with van der Waals surface area (Å²) in [4.78, 5) is 4.61. The van der Waals surface area contributed by atoms with E-state index in [9.17, 15) is 0 Å². The fourth-order valence-electron chi connectivity index (χ4n) is 2.78. The molecule has 9 heteroatoms. The number of ether oxygens (including phenoxy) is 2. The first-order valence-corrected chi connectivity index (χ1v) is 9.81. The molecule has 0 aliphatic carbocycles. The van der Waals surface area contributed by atoms with E-state index in [1.165, 1.54) is 0 Å². The summed E-state index contributed by atoms with van der Waals surface area (Å²) in [6, 6.07) is 13.7. The van der Waals surface area contributed by atoms with Crippen molar-refractivity contribution >= 4 is 35.6 Å². The van der Waals surface area contributed by atoms with Crippen LogP contribution >= 0.6 is 24.0 Å². The average Bonchev–Trinajstić information content (AvgIpc) is 3.18. The van der Waals surface area contributed by atoms with Crippen molar-refractivity contribution < 1.29 is 9.47 Å². The van der Waals surface area contributed by atoms with Gasteiger partial charge < -0.3 is 20.1 Å². The Morgan fingerprint density at radius 3 is 2.70 bits per heavy atom. The normalized spacial score (nSPS) is 11.2. The van der Waals surface area contributed by atoms with Gasteiger partial charge in [0.15, 0.2) is 17.4 Å². The maximum atomic E-state index is 5.74. The molecule has 0 atom stereocenters. The lowest BCUT2D eigenvalue weighted by atomic mass is 10.2. The second kappa shape index (κ2) is 13.0. The number of nitrogens with zero attached hydrogens (tertiary/aromatic N) is 4. The van der Waals surface area contributed by atoms with E-state index in [1.807, 2.05) is 60.0 Å². The molecule has 0 aliphatic heterocycles. The third-order valence-corrected chi connectivity index (χ3v) is 4.29. The van der Waals surface area contributed by atoms with Crippen molar-refractivity contribution in [1.29, 1.82) is 0 Å². The molecule has 162 valence electrons. The first-order chi connectivity index (χ1) is 14.3. The number of halogens is 1. The molecule has 2 aromatic heterocycles. The quantitative estimate of drug-likeness (QED) is 0.184. The highest BCUT2D eigenvalue weighted by atomic mass is 127. The second-order valence-electron chi connectivity index (χ2n) is 6.42. The van der Waals surface area contributed by atoms with Gasteiger partial charge in [0.1, 0.15) is 12.3 Å². The minimum absolute atomic E-state index is 0. The summed E-state index contributed by atoms with van der Waals surface area (Å²) in [5.74, 6) is 2.42. The van der Waals surface area contributed by atoms with Gasteiger partial charge in [0.2, 0.25) is 0 Å². The van der Waals surface area contributed by atoms with E-state index < -0.39 is 0 Å². The summed E-state index contributed by atoms with van der Waals surface area (Å²) in [6.07, 6.45) is 2.83. The number of rotatable bonds is 10. The highest BCUT2D eigenvalue weighted by molar-refractivity contribution is 14.0. The lowest BCUT2D eigenvalue weighted by Gasteiger charge is -2.11. The Balaban J connectivity index is 0.00000320. The number of guanidine groups is 1. The highest BCUT2D eigenvalue weighted by Crippen LogP contribution is 2.11. The molecule has 0 bridgehead atoms. The Kier molecular flexibility index (Phi) is 10.4. The van der Waals surface area contributed by atoms with Crippen LogP contribution in [0.1, 0.15) is 24.7 Å². The molecule has 8 nitrogen and oxygen atoms in total. The Hall–Kier alpha value is -2.40. The van der Waals surface area contributed by atoms with Crippen molar-refractivity contribution in [3.8, 4) is 5.75 Å². The van der Waals surface area contributed by atoms with Gasteiger partial charge >= 0.3 is 0 Å². The van der Waals surface area contributed by atoms with Crippen LogP contribution in [0.4, 0.5) is 0 Å². The van der Waals surface area contributed by atoms with E-state index in [2.05, 4.69) is 25.8 Å². The van der Waals surface area contributed by atoms with Gasteiger partial charge in [-0.25, -0.2) is 4.99 Å². The molecule has 2 N–H and O–H groups in total. The lowest BCUT2D eigenvalue weighted by molar-refractivity contribution is 0.119. The SMILES string of the molecule is CCNC(=NCc1nnc2ccccn12)NCCCOCc1ccc(OC)cc1.I. The van der Waals surface area contributed by atoms with Crippen molar-refractivity contribution in [2.75, 3.05) is 26.8 Å². The van der Waals surface area contributed by atoms with Crippen molar-refractivity contribution in [2.45, 2.75) is 26.5 Å². The molecule has 0 radical (unpaired) electrons. The maximum absolute atomic E-state index is 5.74. The zero-order valence-electron chi connectivity index (χ0n) is 17.4. The third kappa shape index (κ3) is 7.13. The molecule has 1 aromatic carbocycles. The van der Waals surface area contributed by atoms with Gasteiger partial charge in [-0.3, -0.25) is 4.40 Å². The molecular formula is C21H29IN6O2. The predicted molar refractivity (Wildman–Crippen MR) is 128 cm³/mol. The molecule has 0 spiro atoms. The highest BCUT2D eigenvalue weighted by Gasteiger charge is 2.04. The minimum Gasteiger partial charge on any atom is -0.497 e. The standard InChI is InChI=1S/C21H28N6O2.HI/c1-3-22-21(24-15-20-26-25-19-7-4-5-13-27(19)20)23-12-6-14-29-16-17-8-10-18(28-2)11-9-17;/h4-5,7-11,13H,3,6,12,14-16H2,1-2H3,(H2,22,23,24);1H. The Morgan fingerprint density at radius 2 is 1.93 bits per heavy atom. The van der Waals surface area contributed by atoms with Crippen LogP contribution in [0.25, 0.3) is 5.65 Å². The Morgan fingerprint density at radius 1 is 1.10 bits per heavy atom. The zero-order chi connectivity index (χ0) is 20.3. The van der Waals surface area contributed by atoms with Gasteiger partial charge in [0.05, 0.1) is 13.7 Å². The van der Waals surface area contributed by atoms with Gasteiger partial charge in [-0.05, 0) is 43.2 Å². The van der Waals surface area contributed by atoms with Crippen molar-refractivity contribution in [1.82, 2.24) is 25.2 Å². The van der Waals surface area contributed by atoms with Crippen LogP contribution in [0.3, 0.4) is 0 Å². The molecular weight excluding hydrogens is 495 g/mol. The number of hydrogen-bond donors (Lipinski definition) is 2. The van der Waals surface area contributed by atoms with Crippen LogP contribution in [0.5, 0.6) is 5.75 Å². The predicted octanol–water partition coefficient (Wildman–Crippen LogP) is 3.02. The largest absolute Gasteiger partial charge is 0.497 e. The van der Waals surface area contributed by atoms with Crippen LogP contribution in [0, 0.1) is 0 Å². The molecule has 3 aromatic rings. The molecule has 0 saturated heterocycles. The smallest absolute Gasteiger partial charge is 0.191 e. The van der Waals surface area contributed by atoms with Gasteiger partial charge in [-0.2, -0.15) is 0 Å². The average molecular weight is 524 g/mol. The van der Waals surface area contributed by atoms with Crippen molar-refractivity contribution in [3.05, 3.63) is 60.0 Å². The second-order valence-corrected chi connectivity index (χ2v) is 6.42. The summed E-state index contributed by atoms with van der Waals surface area (Å²) in [6.45, 7) is 5.33. The summed E-state index contributed by atoms with van der Waals surface area (Å²) in [5.41, 5.74) is 1.96. The van der Waals surface area contributed by atoms with Crippen molar-refractivity contribution in [2.24, 2.45) is 4.99 Å². The molecule has 0 fully saturated rings. The van der Waals surface area contributed by atoms with Crippen LogP contribution in [0.15, 0.2) is 53.7 Å².